The number of fused-ring (bicyclic) bond motifs is 3. The quantitative estimate of drug-likeness (QED) is 0.455. The molecule has 0 spiro atoms. The number of likely N-dealkylation sites (tertiary alicyclic amines) is 2. The van der Waals surface area contributed by atoms with Gasteiger partial charge in [0.1, 0.15) is 29.3 Å². The van der Waals surface area contributed by atoms with E-state index in [9.17, 15) is 0 Å². The van der Waals surface area contributed by atoms with Crippen LogP contribution in [-0.4, -0.2) is 71.5 Å². The van der Waals surface area contributed by atoms with Crippen molar-refractivity contribution in [1.82, 2.24) is 39.3 Å². The van der Waals surface area contributed by atoms with Crippen molar-refractivity contribution in [2.45, 2.75) is 45.4 Å². The van der Waals surface area contributed by atoms with Gasteiger partial charge in [0.25, 0.3) is 0 Å². The number of piperazine rings is 1. The number of benzene rings is 1. The van der Waals surface area contributed by atoms with Crippen LogP contribution in [0.15, 0.2) is 36.9 Å². The summed E-state index contributed by atoms with van der Waals surface area (Å²) in [6.45, 7) is 7.03. The Kier molecular flexibility index (Phi) is 5.11. The van der Waals surface area contributed by atoms with Gasteiger partial charge in [-0.05, 0) is 38.9 Å². The van der Waals surface area contributed by atoms with Gasteiger partial charge in [-0.15, -0.1) is 0 Å². The standard InChI is InChI=1S/C25H27FN8/c1-15-23-25(30-16(2)29-15)34(24(31-23)19-8-27-14-28-9-19)11-18-5-4-17(6-22(18)26)10-33-13-20-7-21(33)12-32(20)3/h4-6,8-9,14,20-21H,7,10-13H2,1-3H3. The summed E-state index contributed by atoms with van der Waals surface area (Å²) in [5, 5.41) is 0. The molecule has 9 heteroatoms. The molecule has 0 aliphatic carbocycles. The summed E-state index contributed by atoms with van der Waals surface area (Å²) in [6.07, 6.45) is 6.12. The zero-order valence-electron chi connectivity index (χ0n) is 19.6. The van der Waals surface area contributed by atoms with Gasteiger partial charge >= 0.3 is 0 Å². The number of nitrogens with zero attached hydrogens (tertiary/aromatic N) is 8. The van der Waals surface area contributed by atoms with E-state index in [1.54, 1.807) is 18.5 Å². The van der Waals surface area contributed by atoms with E-state index in [0.29, 0.717) is 47.0 Å². The second-order valence-corrected chi connectivity index (χ2v) is 9.52. The highest BCUT2D eigenvalue weighted by atomic mass is 19.1. The van der Waals surface area contributed by atoms with Gasteiger partial charge in [0.2, 0.25) is 0 Å². The Labute approximate surface area is 197 Å². The van der Waals surface area contributed by atoms with Crippen molar-refractivity contribution in [1.29, 1.82) is 0 Å². The van der Waals surface area contributed by atoms with Crippen LogP contribution in [0, 0.1) is 19.7 Å². The molecule has 1 aromatic carbocycles. The number of aryl methyl sites for hydroxylation is 2. The van der Waals surface area contributed by atoms with E-state index in [0.717, 1.165) is 36.5 Å². The molecule has 2 bridgehead atoms. The van der Waals surface area contributed by atoms with E-state index in [4.69, 9.17) is 4.98 Å². The van der Waals surface area contributed by atoms with Crippen molar-refractivity contribution >= 4 is 11.2 Å². The van der Waals surface area contributed by atoms with Crippen LogP contribution in [0.5, 0.6) is 0 Å². The summed E-state index contributed by atoms with van der Waals surface area (Å²) in [4.78, 5) is 27.1. The molecule has 2 aliphatic rings. The van der Waals surface area contributed by atoms with Crippen LogP contribution in [0.1, 0.15) is 29.1 Å². The van der Waals surface area contributed by atoms with E-state index < -0.39 is 0 Å². The Hall–Kier alpha value is -3.30. The average molecular weight is 459 g/mol. The van der Waals surface area contributed by atoms with E-state index in [2.05, 4.69) is 36.8 Å². The molecule has 174 valence electrons. The highest BCUT2D eigenvalue weighted by Gasteiger charge is 2.41. The summed E-state index contributed by atoms with van der Waals surface area (Å²) in [7, 11) is 2.19. The van der Waals surface area contributed by atoms with E-state index in [1.807, 2.05) is 30.5 Å². The minimum atomic E-state index is -0.210. The highest BCUT2D eigenvalue weighted by Crippen LogP contribution is 2.31. The van der Waals surface area contributed by atoms with Gasteiger partial charge in [0.05, 0.1) is 17.8 Å². The van der Waals surface area contributed by atoms with E-state index >= 15 is 4.39 Å². The first-order valence-corrected chi connectivity index (χ1v) is 11.6. The molecule has 2 unspecified atom stereocenters. The summed E-state index contributed by atoms with van der Waals surface area (Å²) in [6, 6.07) is 6.84. The van der Waals surface area contributed by atoms with Crippen LogP contribution in [0.4, 0.5) is 4.39 Å². The molecule has 5 heterocycles. The fourth-order valence-electron chi connectivity index (χ4n) is 5.42. The Morgan fingerprint density at radius 1 is 1.00 bits per heavy atom. The third kappa shape index (κ3) is 3.65. The molecule has 0 amide bonds. The average Bonchev–Trinajstić information content (AvgIpc) is 3.49. The molecule has 8 nitrogen and oxygen atoms in total. The van der Waals surface area contributed by atoms with Gasteiger partial charge in [-0.3, -0.25) is 4.90 Å². The molecular formula is C25H27FN8. The maximum Gasteiger partial charge on any atom is 0.164 e. The Morgan fingerprint density at radius 2 is 1.82 bits per heavy atom. The first-order chi connectivity index (χ1) is 16.5. The molecule has 2 aliphatic heterocycles. The fraction of sp³-hybridized carbons (Fsp3) is 0.400. The number of imidazole rings is 1. The van der Waals surface area contributed by atoms with Gasteiger partial charge in [-0.25, -0.2) is 29.3 Å². The molecule has 0 saturated carbocycles. The first kappa shape index (κ1) is 21.2. The summed E-state index contributed by atoms with van der Waals surface area (Å²) in [5.41, 5.74) is 4.54. The molecule has 34 heavy (non-hydrogen) atoms. The van der Waals surface area contributed by atoms with Crippen molar-refractivity contribution in [3.63, 3.8) is 0 Å². The third-order valence-electron chi connectivity index (χ3n) is 7.16. The number of likely N-dealkylation sites (N-methyl/N-ethyl adjacent to an activating group) is 1. The third-order valence-corrected chi connectivity index (χ3v) is 7.16. The Bertz CT molecular complexity index is 1370. The van der Waals surface area contributed by atoms with Crippen LogP contribution in [0.2, 0.25) is 0 Å². The number of hydrogen-bond acceptors (Lipinski definition) is 7. The van der Waals surface area contributed by atoms with Crippen molar-refractivity contribution in [3.05, 3.63) is 65.4 Å². The minimum absolute atomic E-state index is 0.210. The van der Waals surface area contributed by atoms with E-state index in [-0.39, 0.29) is 5.82 Å². The van der Waals surface area contributed by atoms with Crippen LogP contribution < -0.4 is 0 Å². The zero-order valence-corrected chi connectivity index (χ0v) is 19.6. The fourth-order valence-corrected chi connectivity index (χ4v) is 5.42. The predicted molar refractivity (Wildman–Crippen MR) is 127 cm³/mol. The largest absolute Gasteiger partial charge is 0.304 e. The SMILES string of the molecule is Cc1nc(C)c2nc(-c3cncnc3)n(Cc3ccc(CN4CC5CC4CN5C)cc3F)c2n1. The lowest BCUT2D eigenvalue weighted by Crippen LogP contribution is -2.43. The van der Waals surface area contributed by atoms with Crippen LogP contribution >= 0.6 is 0 Å². The monoisotopic (exact) mass is 458 g/mol. The van der Waals surface area contributed by atoms with Crippen molar-refractivity contribution in [2.75, 3.05) is 20.1 Å². The van der Waals surface area contributed by atoms with Gasteiger partial charge in [-0.1, -0.05) is 12.1 Å². The Balaban J connectivity index is 1.33. The summed E-state index contributed by atoms with van der Waals surface area (Å²) < 4.78 is 17.3. The summed E-state index contributed by atoms with van der Waals surface area (Å²) in [5.74, 6) is 1.10. The van der Waals surface area contributed by atoms with Crippen LogP contribution in [-0.2, 0) is 13.1 Å². The molecule has 0 radical (unpaired) electrons. The normalized spacial score (nSPS) is 20.6. The second kappa shape index (κ2) is 8.18. The molecule has 6 rings (SSSR count). The summed E-state index contributed by atoms with van der Waals surface area (Å²) >= 11 is 0. The van der Waals surface area contributed by atoms with Gasteiger partial charge in [-0.2, -0.15) is 0 Å². The molecular weight excluding hydrogens is 431 g/mol. The maximum atomic E-state index is 15.3. The highest BCUT2D eigenvalue weighted by molar-refractivity contribution is 5.79. The van der Waals surface area contributed by atoms with Crippen LogP contribution in [0.25, 0.3) is 22.6 Å². The Morgan fingerprint density at radius 3 is 2.53 bits per heavy atom. The van der Waals surface area contributed by atoms with Crippen molar-refractivity contribution in [2.24, 2.45) is 0 Å². The van der Waals surface area contributed by atoms with Crippen molar-refractivity contribution < 1.29 is 4.39 Å². The lowest BCUT2D eigenvalue weighted by Gasteiger charge is -2.31. The zero-order chi connectivity index (χ0) is 23.4. The lowest BCUT2D eigenvalue weighted by molar-refractivity contribution is 0.143. The molecule has 3 aromatic heterocycles. The smallest absolute Gasteiger partial charge is 0.164 e. The van der Waals surface area contributed by atoms with Gasteiger partial charge in [0.15, 0.2) is 5.65 Å². The molecule has 2 saturated heterocycles. The molecule has 2 fully saturated rings. The van der Waals surface area contributed by atoms with Gasteiger partial charge < -0.3 is 9.47 Å². The first-order valence-electron chi connectivity index (χ1n) is 11.6. The molecule has 4 aromatic rings. The maximum absolute atomic E-state index is 15.3. The number of rotatable bonds is 5. The topological polar surface area (TPSA) is 75.9 Å². The van der Waals surface area contributed by atoms with E-state index in [1.165, 1.54) is 12.7 Å². The molecule has 0 N–H and O–H groups in total. The molecule has 2 atom stereocenters. The number of halogens is 1. The predicted octanol–water partition coefficient (Wildman–Crippen LogP) is 2.98. The lowest BCUT2D eigenvalue weighted by atomic mass is 10.1. The number of aromatic nitrogens is 6. The second-order valence-electron chi connectivity index (χ2n) is 9.52. The van der Waals surface area contributed by atoms with Crippen LogP contribution in [0.3, 0.4) is 0 Å². The minimum Gasteiger partial charge on any atom is -0.304 e. The number of hydrogen-bond donors (Lipinski definition) is 0. The van der Waals surface area contributed by atoms with Crippen molar-refractivity contribution in [3.8, 4) is 11.4 Å². The van der Waals surface area contributed by atoms with Gasteiger partial charge in [0, 0.05) is 49.7 Å².